The maximum atomic E-state index is 11.7. The van der Waals surface area contributed by atoms with Gasteiger partial charge in [-0.3, -0.25) is 4.79 Å². The first-order valence-electron chi connectivity index (χ1n) is 2.56. The van der Waals surface area contributed by atoms with Crippen LogP contribution in [-0.2, 0) is 4.79 Å². The van der Waals surface area contributed by atoms with Crippen molar-refractivity contribution < 1.29 is 18.0 Å². The number of carbonyl (C=O) groups excluding carboxylic acids is 1. The summed E-state index contributed by atoms with van der Waals surface area (Å²) in [6.07, 6.45) is -4.65. The Labute approximate surface area is 56.2 Å². The zero-order valence-electron chi connectivity index (χ0n) is 5.62. The molecule has 0 heterocycles. The van der Waals surface area contributed by atoms with Gasteiger partial charge in [-0.1, -0.05) is 0 Å². The second-order valence-corrected chi connectivity index (χ2v) is 2.26. The number of hydrogen-bond acceptors (Lipinski definition) is 2. The largest absolute Gasteiger partial charge is 0.413 e. The number of alkyl halides is 3. The summed E-state index contributed by atoms with van der Waals surface area (Å²) in [4.78, 5) is 10.3. The molecule has 0 spiro atoms. The van der Waals surface area contributed by atoms with E-state index in [0.29, 0.717) is 6.92 Å². The summed E-state index contributed by atoms with van der Waals surface area (Å²) in [5, 5.41) is 0. The fourth-order valence-electron chi connectivity index (χ4n) is 0.200. The van der Waals surface area contributed by atoms with Crippen LogP contribution in [0.5, 0.6) is 0 Å². The van der Waals surface area contributed by atoms with Gasteiger partial charge in [0.2, 0.25) is 0 Å². The van der Waals surface area contributed by atoms with E-state index < -0.39 is 17.5 Å². The number of nitrogens with two attached hydrogens (primary N) is 1. The highest BCUT2D eigenvalue weighted by atomic mass is 19.4. The molecular weight excluding hydrogens is 147 g/mol. The highest BCUT2D eigenvalue weighted by molar-refractivity contribution is 5.86. The molecule has 0 aliphatic rings. The fourth-order valence-corrected chi connectivity index (χ4v) is 0.200. The molecule has 0 aromatic rings. The van der Waals surface area contributed by atoms with Crippen LogP contribution < -0.4 is 5.73 Å². The molecule has 0 radical (unpaired) electrons. The van der Waals surface area contributed by atoms with Crippen molar-refractivity contribution in [1.82, 2.24) is 0 Å². The molecule has 0 aliphatic carbocycles. The normalized spacial score (nSPS) is 18.2. The number of halogens is 3. The number of carbonyl (C=O) groups is 1. The molecule has 2 N–H and O–H groups in total. The molecule has 0 unspecified atom stereocenters. The summed E-state index contributed by atoms with van der Waals surface area (Å²) >= 11 is 0. The van der Waals surface area contributed by atoms with Crippen LogP contribution in [0.15, 0.2) is 0 Å². The van der Waals surface area contributed by atoms with E-state index in [9.17, 15) is 18.0 Å². The zero-order valence-corrected chi connectivity index (χ0v) is 5.62. The van der Waals surface area contributed by atoms with Crippen molar-refractivity contribution in [2.75, 3.05) is 0 Å². The van der Waals surface area contributed by atoms with Crippen molar-refractivity contribution >= 4 is 5.78 Å². The molecule has 0 bridgehead atoms. The monoisotopic (exact) mass is 155 g/mol. The first-order chi connectivity index (χ1) is 4.19. The molecule has 0 fully saturated rings. The summed E-state index contributed by atoms with van der Waals surface area (Å²) in [6, 6.07) is 0. The van der Waals surface area contributed by atoms with Crippen LogP contribution in [0.1, 0.15) is 13.8 Å². The minimum Gasteiger partial charge on any atom is -0.312 e. The average molecular weight is 155 g/mol. The average Bonchev–Trinajstić information content (AvgIpc) is 1.62. The summed E-state index contributed by atoms with van der Waals surface area (Å²) in [6.45, 7) is 1.46. The third-order valence-electron chi connectivity index (χ3n) is 1.32. The lowest BCUT2D eigenvalue weighted by Gasteiger charge is -2.23. The molecule has 0 aromatic heterocycles. The molecule has 2 nitrogen and oxygen atoms in total. The second-order valence-electron chi connectivity index (χ2n) is 2.26. The van der Waals surface area contributed by atoms with Gasteiger partial charge in [0.15, 0.2) is 11.3 Å². The Morgan fingerprint density at radius 1 is 1.40 bits per heavy atom. The van der Waals surface area contributed by atoms with Crippen LogP contribution in [-0.4, -0.2) is 17.5 Å². The van der Waals surface area contributed by atoms with Crippen molar-refractivity contribution in [1.29, 1.82) is 0 Å². The van der Waals surface area contributed by atoms with Gasteiger partial charge in [-0.2, -0.15) is 13.2 Å². The van der Waals surface area contributed by atoms with Crippen LogP contribution in [0.25, 0.3) is 0 Å². The summed E-state index contributed by atoms with van der Waals surface area (Å²) in [5.74, 6) is -1.08. The second kappa shape index (κ2) is 2.23. The Morgan fingerprint density at radius 3 is 1.70 bits per heavy atom. The van der Waals surface area contributed by atoms with E-state index in [-0.39, 0.29) is 0 Å². The van der Waals surface area contributed by atoms with Crippen LogP contribution in [0.2, 0.25) is 0 Å². The minimum atomic E-state index is -4.65. The highest BCUT2D eigenvalue weighted by Crippen LogP contribution is 2.28. The topological polar surface area (TPSA) is 43.1 Å². The number of Topliss-reactive ketones (excluding diaryl/α,β-unsaturated/α-hetero) is 1. The van der Waals surface area contributed by atoms with Gasteiger partial charge in [0.05, 0.1) is 0 Å². The van der Waals surface area contributed by atoms with E-state index in [1.807, 2.05) is 0 Å². The fraction of sp³-hybridized carbons (Fsp3) is 0.800. The molecule has 60 valence electrons. The van der Waals surface area contributed by atoms with Crippen molar-refractivity contribution in [2.45, 2.75) is 25.6 Å². The standard InChI is InChI=1S/C5H8F3NO/c1-3(10)4(2,9)5(6,7)8/h9H2,1-2H3/t4-/m1/s1. The van der Waals surface area contributed by atoms with Gasteiger partial charge in [-0.05, 0) is 13.8 Å². The van der Waals surface area contributed by atoms with Gasteiger partial charge in [0.1, 0.15) is 0 Å². The van der Waals surface area contributed by atoms with Gasteiger partial charge in [-0.25, -0.2) is 0 Å². The quantitative estimate of drug-likeness (QED) is 0.610. The Balaban J connectivity index is 4.57. The van der Waals surface area contributed by atoms with Gasteiger partial charge in [-0.15, -0.1) is 0 Å². The lowest BCUT2D eigenvalue weighted by atomic mass is 9.99. The predicted octanol–water partition coefficient (Wildman–Crippen LogP) is 0.855. The molecule has 10 heavy (non-hydrogen) atoms. The third-order valence-corrected chi connectivity index (χ3v) is 1.32. The number of ketones is 1. The van der Waals surface area contributed by atoms with Crippen LogP contribution in [0, 0.1) is 0 Å². The number of rotatable bonds is 1. The van der Waals surface area contributed by atoms with Gasteiger partial charge < -0.3 is 5.73 Å². The van der Waals surface area contributed by atoms with Crippen LogP contribution in [0.4, 0.5) is 13.2 Å². The minimum absolute atomic E-state index is 0.648. The third kappa shape index (κ3) is 1.47. The summed E-state index contributed by atoms with van der Waals surface area (Å²) in [7, 11) is 0. The maximum absolute atomic E-state index is 11.7. The lowest BCUT2D eigenvalue weighted by Crippen LogP contribution is -2.56. The van der Waals surface area contributed by atoms with Crippen LogP contribution >= 0.6 is 0 Å². The van der Waals surface area contributed by atoms with Crippen LogP contribution in [0.3, 0.4) is 0 Å². The lowest BCUT2D eigenvalue weighted by molar-refractivity contribution is -0.184. The van der Waals surface area contributed by atoms with Gasteiger partial charge >= 0.3 is 6.18 Å². The van der Waals surface area contributed by atoms with Gasteiger partial charge in [0.25, 0.3) is 0 Å². The summed E-state index contributed by atoms with van der Waals surface area (Å²) < 4.78 is 35.2. The van der Waals surface area contributed by atoms with E-state index in [1.54, 1.807) is 0 Å². The Kier molecular flexibility index (Phi) is 2.10. The molecule has 0 aromatic carbocycles. The van der Waals surface area contributed by atoms with Crippen molar-refractivity contribution in [2.24, 2.45) is 5.73 Å². The first-order valence-corrected chi connectivity index (χ1v) is 2.56. The first kappa shape index (κ1) is 9.42. The van der Waals surface area contributed by atoms with E-state index in [4.69, 9.17) is 0 Å². The summed E-state index contributed by atoms with van der Waals surface area (Å²) in [5.41, 5.74) is 1.96. The maximum Gasteiger partial charge on any atom is 0.413 e. The zero-order chi connectivity index (χ0) is 8.58. The molecule has 1 atom stereocenters. The van der Waals surface area contributed by atoms with E-state index in [1.165, 1.54) is 0 Å². The van der Waals surface area contributed by atoms with Crippen molar-refractivity contribution in [3.8, 4) is 0 Å². The molecule has 0 aliphatic heterocycles. The van der Waals surface area contributed by atoms with E-state index >= 15 is 0 Å². The molecule has 0 rings (SSSR count). The predicted molar refractivity (Wildman–Crippen MR) is 29.3 cm³/mol. The molecule has 0 saturated carbocycles. The Bertz CT molecular complexity index is 149. The molecule has 5 heteroatoms. The van der Waals surface area contributed by atoms with E-state index in [2.05, 4.69) is 5.73 Å². The SMILES string of the molecule is CC(=O)[C@@](C)(N)C(F)(F)F. The number of hydrogen-bond donors (Lipinski definition) is 1. The van der Waals surface area contributed by atoms with E-state index in [0.717, 1.165) is 6.92 Å². The molecular formula is C5H8F3NO. The Hall–Kier alpha value is -0.580. The van der Waals surface area contributed by atoms with Crippen molar-refractivity contribution in [3.63, 3.8) is 0 Å². The molecule has 0 saturated heterocycles. The highest BCUT2D eigenvalue weighted by Gasteiger charge is 2.51. The smallest absolute Gasteiger partial charge is 0.312 e. The Morgan fingerprint density at radius 2 is 1.70 bits per heavy atom. The van der Waals surface area contributed by atoms with Gasteiger partial charge in [0, 0.05) is 0 Å². The molecule has 0 amide bonds. The van der Waals surface area contributed by atoms with Crippen molar-refractivity contribution in [3.05, 3.63) is 0 Å².